The van der Waals surface area contributed by atoms with Crippen molar-refractivity contribution < 1.29 is 88.4 Å². The number of aromatic nitrogens is 2. The number of hydrogen-bond acceptors (Lipinski definition) is 8. The van der Waals surface area contributed by atoms with Gasteiger partial charge in [0.15, 0.2) is 5.75 Å². The topological polar surface area (TPSA) is 90.9 Å². The van der Waals surface area contributed by atoms with Crippen molar-refractivity contribution in [2.75, 3.05) is 43.2 Å². The Morgan fingerprint density at radius 3 is 1.90 bits per heavy atom. The van der Waals surface area contributed by atoms with Crippen LogP contribution in [0.15, 0.2) is 48.8 Å². The monoisotopic (exact) mass is 732 g/mol. The molecule has 1 heterocycles. The maximum absolute atomic E-state index is 13.9. The van der Waals surface area contributed by atoms with E-state index in [1.54, 1.807) is 11.8 Å². The molecule has 0 aliphatic carbocycles. The van der Waals surface area contributed by atoms with Crippen LogP contribution in [0.3, 0.4) is 0 Å². The van der Waals surface area contributed by atoms with E-state index in [2.05, 4.69) is 9.97 Å². The molecule has 270 valence electrons. The second kappa shape index (κ2) is 18.8. The molecule has 0 aliphatic rings. The summed E-state index contributed by atoms with van der Waals surface area (Å²) in [6.07, 6.45) is -11.5. The Labute approximate surface area is 304 Å². The minimum absolute atomic E-state index is 0. The van der Waals surface area contributed by atoms with Crippen LogP contribution in [-0.4, -0.2) is 49.4 Å². The van der Waals surface area contributed by atoms with E-state index in [9.17, 15) is 49.4 Å². The summed E-state index contributed by atoms with van der Waals surface area (Å²) in [5, 5.41) is 10.7. The van der Waals surface area contributed by atoms with E-state index in [4.69, 9.17) is 9.47 Å². The summed E-state index contributed by atoms with van der Waals surface area (Å²) in [4.78, 5) is 22.0. The number of hydrogen-bond donors (Lipinski definition) is 0. The van der Waals surface area contributed by atoms with Crippen molar-refractivity contribution in [3.63, 3.8) is 0 Å². The molecule has 0 spiro atoms. The zero-order valence-electron chi connectivity index (χ0n) is 27.5. The van der Waals surface area contributed by atoms with Gasteiger partial charge in [0.1, 0.15) is 6.61 Å². The van der Waals surface area contributed by atoms with Crippen LogP contribution < -0.4 is 49.2 Å². The Morgan fingerprint density at radius 1 is 0.780 bits per heavy atom. The number of unbranched alkanes of at least 4 members (excludes halogenated alkanes) is 2. The van der Waals surface area contributed by atoms with Gasteiger partial charge in [-0.25, -0.2) is 9.97 Å². The number of anilines is 2. The van der Waals surface area contributed by atoms with E-state index in [1.807, 2.05) is 0 Å². The fourth-order valence-electron chi connectivity index (χ4n) is 4.92. The van der Waals surface area contributed by atoms with Gasteiger partial charge in [-0.05, 0) is 73.7 Å². The van der Waals surface area contributed by atoms with Crippen LogP contribution in [0.2, 0.25) is 0 Å². The molecule has 3 rings (SSSR count). The Hall–Kier alpha value is -3.28. The van der Waals surface area contributed by atoms with Crippen LogP contribution in [0.25, 0.3) is 0 Å². The Balaban J connectivity index is 0.00000867. The van der Waals surface area contributed by atoms with E-state index in [0.29, 0.717) is 50.2 Å². The number of methoxy groups -OCH3 is 1. The molecule has 50 heavy (non-hydrogen) atoms. The number of nitrogens with zero attached hydrogens (tertiary/aromatic N) is 4. The Kier molecular flexibility index (Phi) is 16.1. The third-order valence-electron chi connectivity index (χ3n) is 7.27. The molecule has 0 radical (unpaired) electrons. The number of ether oxygens (including phenoxy) is 2. The molecule has 0 fully saturated rings. The number of aliphatic carboxylic acids is 1. The van der Waals surface area contributed by atoms with Gasteiger partial charge in [0.25, 0.3) is 0 Å². The van der Waals surface area contributed by atoms with Gasteiger partial charge in [-0.3, -0.25) is 0 Å². The van der Waals surface area contributed by atoms with E-state index < -0.39 is 59.8 Å². The van der Waals surface area contributed by atoms with Gasteiger partial charge in [0, 0.05) is 44.9 Å². The number of carbonyl (C=O) groups is 1. The van der Waals surface area contributed by atoms with Gasteiger partial charge in [-0.15, -0.1) is 0 Å². The molecule has 0 N–H and O–H groups in total. The molecule has 0 saturated carbocycles. The summed E-state index contributed by atoms with van der Waals surface area (Å²) in [5.41, 5.74) is -4.23. The molecule has 2 aromatic carbocycles. The normalized spacial score (nSPS) is 12.0. The molecule has 0 saturated heterocycles. The van der Waals surface area contributed by atoms with Crippen molar-refractivity contribution >= 4 is 17.6 Å². The van der Waals surface area contributed by atoms with Crippen molar-refractivity contribution in [1.82, 2.24) is 9.97 Å². The molecular weight excluding hydrogens is 698 g/mol. The number of alkyl halides is 9. The van der Waals surface area contributed by atoms with Crippen LogP contribution in [-0.2, 0) is 41.1 Å². The smallest absolute Gasteiger partial charge is 0.550 e. The fourth-order valence-corrected chi connectivity index (χ4v) is 4.92. The second-order valence-corrected chi connectivity index (χ2v) is 10.9. The largest absolute Gasteiger partial charge is 1.00 e. The van der Waals surface area contributed by atoms with Crippen LogP contribution in [0.1, 0.15) is 60.4 Å². The molecule has 8 nitrogen and oxygen atoms in total. The molecule has 18 heteroatoms. The van der Waals surface area contributed by atoms with Gasteiger partial charge in [-0.2, -0.15) is 39.5 Å². The van der Waals surface area contributed by atoms with Crippen LogP contribution in [0, 0.1) is 0 Å². The van der Waals surface area contributed by atoms with Crippen molar-refractivity contribution in [2.45, 2.75) is 64.2 Å². The van der Waals surface area contributed by atoms with Gasteiger partial charge in [0.05, 0.1) is 35.7 Å². The quantitative estimate of drug-likeness (QED) is 0.117. The zero-order chi connectivity index (χ0) is 36.4. The number of carboxylic acid groups (broad SMARTS) is 1. The predicted octanol–water partition coefficient (Wildman–Crippen LogP) is 3.91. The molecule has 3 aromatic rings. The molecule has 1 aromatic heterocycles. The third-order valence-corrected chi connectivity index (χ3v) is 7.27. The maximum Gasteiger partial charge on any atom is 1.00 e. The molecule has 0 bridgehead atoms. The van der Waals surface area contributed by atoms with Crippen molar-refractivity contribution in [3.05, 3.63) is 76.6 Å². The molecule has 0 atom stereocenters. The fraction of sp³-hybridized carbons (Fsp3) is 0.469. The van der Waals surface area contributed by atoms with Crippen molar-refractivity contribution in [2.24, 2.45) is 0 Å². The summed E-state index contributed by atoms with van der Waals surface area (Å²) < 4.78 is 134. The first-order valence-corrected chi connectivity index (χ1v) is 15.0. The number of benzene rings is 2. The Bertz CT molecular complexity index is 1490. The summed E-state index contributed by atoms with van der Waals surface area (Å²) in [6.45, 7) is 1.59. The van der Waals surface area contributed by atoms with Crippen molar-refractivity contribution in [3.8, 4) is 5.75 Å². The average molecular weight is 733 g/mol. The number of halogens is 9. The summed E-state index contributed by atoms with van der Waals surface area (Å²) in [7, 11) is 1.44. The number of carbonyl (C=O) groups excluding carboxylic acids is 1. The molecule has 0 unspecified atom stereocenters. The van der Waals surface area contributed by atoms with E-state index in [-0.39, 0.29) is 72.5 Å². The first-order valence-electron chi connectivity index (χ1n) is 15.0. The first-order chi connectivity index (χ1) is 22.9. The summed E-state index contributed by atoms with van der Waals surface area (Å²) in [5.74, 6) is -1.26. The minimum atomic E-state index is -5.13. The molecule has 0 amide bonds. The summed E-state index contributed by atoms with van der Waals surface area (Å²) in [6, 6.07) is 4.00. The third kappa shape index (κ3) is 13.1. The van der Waals surface area contributed by atoms with E-state index in [0.717, 1.165) is 12.1 Å². The van der Waals surface area contributed by atoms with E-state index >= 15 is 0 Å². The zero-order valence-corrected chi connectivity index (χ0v) is 29.5. The first kappa shape index (κ1) is 42.9. The molecular formula is C32H34F9N4NaO4. The van der Waals surface area contributed by atoms with Gasteiger partial charge >= 0.3 is 48.1 Å². The SMILES string of the molecule is CCN(CCCCCC(=O)[O-])c1ccc(C(F)(F)F)cc1CN(Cc1cc(C(F)(F)F)cc(C(F)(F)F)c1)c1ncc(OCCOC)cn1.[Na+]. The molecule has 0 aliphatic heterocycles. The Morgan fingerprint density at radius 2 is 1.38 bits per heavy atom. The van der Waals surface area contributed by atoms with Gasteiger partial charge in [0.2, 0.25) is 5.95 Å². The standard InChI is InChI=1S/C32H35F9N4O4.Na/c1-3-44(10-6-4-5-7-28(46)47)27-9-8-23(30(33,34)35)15-22(27)20-45(29-42-17-26(18-43-29)49-12-11-48-2)19-21-13-24(31(36,37)38)16-25(14-21)32(39,40)41;/h8-9,13-18H,3-7,10-12,19-20H2,1-2H3,(H,46,47);/q;+1/p-1. The van der Waals surface area contributed by atoms with Crippen molar-refractivity contribution in [1.29, 1.82) is 0 Å². The number of carboxylic acids is 1. The summed E-state index contributed by atoms with van der Waals surface area (Å²) >= 11 is 0. The minimum Gasteiger partial charge on any atom is -0.550 e. The maximum atomic E-state index is 13.9. The van der Waals surface area contributed by atoms with Crippen LogP contribution >= 0.6 is 0 Å². The van der Waals surface area contributed by atoms with Crippen LogP contribution in [0.5, 0.6) is 5.75 Å². The number of rotatable bonds is 17. The van der Waals surface area contributed by atoms with Crippen LogP contribution in [0.4, 0.5) is 51.1 Å². The van der Waals surface area contributed by atoms with Gasteiger partial charge < -0.3 is 29.2 Å². The predicted molar refractivity (Wildman–Crippen MR) is 159 cm³/mol. The average Bonchev–Trinajstić information content (AvgIpc) is 3.01. The second-order valence-electron chi connectivity index (χ2n) is 10.9. The van der Waals surface area contributed by atoms with E-state index in [1.165, 1.54) is 30.5 Å². The van der Waals surface area contributed by atoms with Gasteiger partial charge in [-0.1, -0.05) is 6.42 Å².